The normalized spacial score (nSPS) is 20.9. The number of hydrogen-bond acceptors (Lipinski definition) is 8. The Balaban J connectivity index is 0.000000589. The van der Waals surface area contributed by atoms with E-state index in [0.29, 0.717) is 11.0 Å². The number of nitrogens with zero attached hydrogens (tertiary/aromatic N) is 2. The van der Waals surface area contributed by atoms with E-state index in [0.717, 1.165) is 13.3 Å². The van der Waals surface area contributed by atoms with Crippen molar-refractivity contribution in [3.63, 3.8) is 0 Å². The molecule has 2 rings (SSSR count). The van der Waals surface area contributed by atoms with Gasteiger partial charge in [0, 0.05) is 19.7 Å². The topological polar surface area (TPSA) is 137 Å². The van der Waals surface area contributed by atoms with Crippen molar-refractivity contribution in [3.05, 3.63) is 22.7 Å². The number of anilines is 1. The van der Waals surface area contributed by atoms with E-state index in [9.17, 15) is 18.4 Å². The number of hydrogen-bond donors (Lipinski definition) is 3. The quantitative estimate of drug-likeness (QED) is 0.636. The Hall–Kier alpha value is -2.11. The lowest BCUT2D eigenvalue weighted by atomic mass is 10.2. The third-order valence-electron chi connectivity index (χ3n) is 2.89. The Morgan fingerprint density at radius 1 is 1.50 bits per heavy atom. The summed E-state index contributed by atoms with van der Waals surface area (Å²) in [6.07, 6.45) is -2.27. The lowest BCUT2D eigenvalue weighted by Gasteiger charge is -2.19. The molecule has 2 unspecified atom stereocenters. The lowest BCUT2D eigenvalue weighted by Crippen LogP contribution is -2.35. The number of ether oxygens (including phenoxy) is 2. The number of carbonyl (C=O) groups excluding carboxylic acids is 1. The summed E-state index contributed by atoms with van der Waals surface area (Å²) in [4.78, 5) is 24.3. The largest absolute Gasteiger partial charge is 0.462 e. The van der Waals surface area contributed by atoms with E-state index in [1.165, 1.54) is 6.07 Å². The Morgan fingerprint density at radius 2 is 2.08 bits per heavy atom. The standard InChI is InChI=1S/C9H11F2N3O3.C5H10O2.CH4O/c10-9(11)3-5(4-15)17-7(9)14-2-1-6(12)13-8(14)16;1-5(2,3)7-4-6;1-2/h1-2,5,7,15H,3-4H2,(H2,12,13,16);4H,1-3H3;2H,1H3. The lowest BCUT2D eigenvalue weighted by molar-refractivity contribution is -0.138. The van der Waals surface area contributed by atoms with Crippen molar-refractivity contribution in [2.24, 2.45) is 0 Å². The molecule has 2 heterocycles. The van der Waals surface area contributed by atoms with Crippen LogP contribution in [0.3, 0.4) is 0 Å². The van der Waals surface area contributed by atoms with Crippen molar-refractivity contribution < 1.29 is 33.3 Å². The van der Waals surface area contributed by atoms with Crippen LogP contribution in [0.4, 0.5) is 14.6 Å². The Bertz CT molecular complexity index is 618. The van der Waals surface area contributed by atoms with Crippen molar-refractivity contribution in [2.75, 3.05) is 19.5 Å². The van der Waals surface area contributed by atoms with Crippen LogP contribution in [0.15, 0.2) is 17.1 Å². The van der Waals surface area contributed by atoms with Gasteiger partial charge in [0.25, 0.3) is 12.4 Å². The minimum Gasteiger partial charge on any atom is -0.462 e. The van der Waals surface area contributed by atoms with Crippen molar-refractivity contribution in [2.45, 2.75) is 51.0 Å². The van der Waals surface area contributed by atoms with E-state index in [1.54, 1.807) is 0 Å². The fourth-order valence-electron chi connectivity index (χ4n) is 1.86. The smallest absolute Gasteiger partial charge is 0.351 e. The summed E-state index contributed by atoms with van der Waals surface area (Å²) in [6, 6.07) is 1.23. The predicted octanol–water partition coefficient (Wildman–Crippen LogP) is 0.307. The van der Waals surface area contributed by atoms with E-state index in [2.05, 4.69) is 9.72 Å². The van der Waals surface area contributed by atoms with Gasteiger partial charge < -0.3 is 25.4 Å². The van der Waals surface area contributed by atoms with E-state index in [-0.39, 0.29) is 11.4 Å². The van der Waals surface area contributed by atoms with Gasteiger partial charge in [0.1, 0.15) is 11.4 Å². The molecular formula is C15H25F2N3O6. The maximum atomic E-state index is 13.6. The van der Waals surface area contributed by atoms with Gasteiger partial charge >= 0.3 is 5.69 Å². The van der Waals surface area contributed by atoms with E-state index < -0.39 is 37.0 Å². The number of aliphatic hydroxyl groups excluding tert-OH is 2. The van der Waals surface area contributed by atoms with Crippen molar-refractivity contribution in [1.82, 2.24) is 9.55 Å². The minimum atomic E-state index is -3.23. The number of halogens is 2. The molecule has 4 N–H and O–H groups in total. The summed E-state index contributed by atoms with van der Waals surface area (Å²) in [5, 5.41) is 15.8. The first-order chi connectivity index (χ1) is 12.0. The zero-order valence-corrected chi connectivity index (χ0v) is 15.1. The summed E-state index contributed by atoms with van der Waals surface area (Å²) in [5.74, 6) is -3.28. The fourth-order valence-corrected chi connectivity index (χ4v) is 1.86. The van der Waals surface area contributed by atoms with Gasteiger partial charge in [-0.15, -0.1) is 0 Å². The van der Waals surface area contributed by atoms with Gasteiger partial charge in [0.05, 0.1) is 12.7 Å². The van der Waals surface area contributed by atoms with Crippen LogP contribution in [-0.4, -0.2) is 57.6 Å². The number of rotatable bonds is 3. The summed E-state index contributed by atoms with van der Waals surface area (Å²) < 4.78 is 37.3. The molecule has 1 fully saturated rings. The van der Waals surface area contributed by atoms with Crippen LogP contribution >= 0.6 is 0 Å². The average Bonchev–Trinajstić information content (AvgIpc) is 2.84. The molecule has 0 aromatic carbocycles. The highest BCUT2D eigenvalue weighted by molar-refractivity contribution is 5.37. The van der Waals surface area contributed by atoms with Crippen LogP contribution in [0.1, 0.15) is 33.4 Å². The Labute approximate surface area is 149 Å². The summed E-state index contributed by atoms with van der Waals surface area (Å²) >= 11 is 0. The molecule has 0 saturated carbocycles. The first-order valence-electron chi connectivity index (χ1n) is 7.55. The highest BCUT2D eigenvalue weighted by Gasteiger charge is 2.51. The second-order valence-corrected chi connectivity index (χ2v) is 6.13. The fraction of sp³-hybridized carbons (Fsp3) is 0.667. The third-order valence-corrected chi connectivity index (χ3v) is 2.89. The van der Waals surface area contributed by atoms with Crippen LogP contribution < -0.4 is 11.4 Å². The maximum Gasteiger partial charge on any atom is 0.351 e. The monoisotopic (exact) mass is 381 g/mol. The summed E-state index contributed by atoms with van der Waals surface area (Å²) in [5.41, 5.74) is 4.03. The predicted molar refractivity (Wildman–Crippen MR) is 88.5 cm³/mol. The van der Waals surface area contributed by atoms with Gasteiger partial charge in [-0.2, -0.15) is 4.98 Å². The molecule has 0 aliphatic carbocycles. The number of nitrogens with two attached hydrogens (primary N) is 1. The van der Waals surface area contributed by atoms with Crippen molar-refractivity contribution in [3.8, 4) is 0 Å². The highest BCUT2D eigenvalue weighted by Crippen LogP contribution is 2.41. The number of carbonyl (C=O) groups is 1. The third kappa shape index (κ3) is 7.42. The molecule has 1 aromatic heterocycles. The first kappa shape index (κ1) is 23.9. The zero-order chi connectivity index (χ0) is 20.5. The second-order valence-electron chi connectivity index (χ2n) is 6.13. The minimum absolute atomic E-state index is 0.0497. The number of aliphatic hydroxyl groups is 2. The van der Waals surface area contributed by atoms with Gasteiger partial charge in [-0.3, -0.25) is 9.36 Å². The molecule has 2 atom stereocenters. The van der Waals surface area contributed by atoms with Gasteiger partial charge in [0.15, 0.2) is 0 Å². The zero-order valence-electron chi connectivity index (χ0n) is 15.1. The number of aromatic nitrogens is 2. The number of alkyl halides is 2. The van der Waals surface area contributed by atoms with Gasteiger partial charge in [0.2, 0.25) is 6.23 Å². The van der Waals surface area contributed by atoms with Crippen LogP contribution in [0, 0.1) is 0 Å². The molecule has 0 bridgehead atoms. The van der Waals surface area contributed by atoms with E-state index >= 15 is 0 Å². The highest BCUT2D eigenvalue weighted by atomic mass is 19.3. The van der Waals surface area contributed by atoms with Gasteiger partial charge in [-0.05, 0) is 26.8 Å². The molecule has 0 spiro atoms. The Kier molecular flexibility index (Phi) is 9.32. The van der Waals surface area contributed by atoms with Gasteiger partial charge in [-0.1, -0.05) is 0 Å². The second kappa shape index (κ2) is 10.1. The SMILES string of the molecule is CC(C)(C)OC=O.CO.Nc1ccn(C2OC(CO)CC2(F)F)c(=O)n1. The van der Waals surface area contributed by atoms with Crippen molar-refractivity contribution >= 4 is 12.3 Å². The summed E-state index contributed by atoms with van der Waals surface area (Å²) in [6.45, 7) is 5.40. The molecule has 1 saturated heterocycles. The Morgan fingerprint density at radius 3 is 2.42 bits per heavy atom. The molecule has 1 aliphatic rings. The molecule has 9 nitrogen and oxygen atoms in total. The summed E-state index contributed by atoms with van der Waals surface area (Å²) in [7, 11) is 1.00. The van der Waals surface area contributed by atoms with Crippen LogP contribution in [0.2, 0.25) is 0 Å². The van der Waals surface area contributed by atoms with E-state index in [4.69, 9.17) is 20.7 Å². The van der Waals surface area contributed by atoms with Gasteiger partial charge in [-0.25, -0.2) is 13.6 Å². The van der Waals surface area contributed by atoms with Crippen LogP contribution in [0.25, 0.3) is 0 Å². The molecule has 0 radical (unpaired) electrons. The molecule has 11 heteroatoms. The first-order valence-corrected chi connectivity index (χ1v) is 7.55. The average molecular weight is 381 g/mol. The molecule has 1 aliphatic heterocycles. The van der Waals surface area contributed by atoms with Crippen LogP contribution in [-0.2, 0) is 14.3 Å². The maximum absolute atomic E-state index is 13.6. The number of nitrogen functional groups attached to an aromatic ring is 1. The molecule has 1 aromatic rings. The van der Waals surface area contributed by atoms with E-state index in [1.807, 2.05) is 20.8 Å². The molecular weight excluding hydrogens is 356 g/mol. The molecule has 0 amide bonds. The molecule has 150 valence electrons. The van der Waals surface area contributed by atoms with Crippen molar-refractivity contribution in [1.29, 1.82) is 0 Å². The van der Waals surface area contributed by atoms with Crippen LogP contribution in [0.5, 0.6) is 0 Å². The molecule has 26 heavy (non-hydrogen) atoms.